The van der Waals surface area contributed by atoms with Crippen LogP contribution in [-0.2, 0) is 44.6 Å². The Morgan fingerprint density at radius 3 is 2.41 bits per heavy atom. The van der Waals surface area contributed by atoms with Crippen LogP contribution in [0.1, 0.15) is 114 Å². The van der Waals surface area contributed by atoms with Gasteiger partial charge in [0, 0.05) is 48.8 Å². The molecule has 0 bridgehead atoms. The average molecular weight is 851 g/mol. The fourth-order valence-electron chi connectivity index (χ4n) is 8.69. The minimum absolute atomic E-state index is 0.0360. The first-order valence-electron chi connectivity index (χ1n) is 19.9. The Balaban J connectivity index is 1.08. The molecule has 6 N–H and O–H groups in total. The van der Waals surface area contributed by atoms with E-state index in [1.165, 1.54) is 32.2 Å². The number of ketones is 3. The maximum atomic E-state index is 14.0. The molecule has 5 aliphatic rings. The van der Waals surface area contributed by atoms with Crippen molar-refractivity contribution in [3.8, 4) is 17.2 Å². The van der Waals surface area contributed by atoms with Crippen molar-refractivity contribution < 1.29 is 82.9 Å². The van der Waals surface area contributed by atoms with Gasteiger partial charge in [0.1, 0.15) is 41.7 Å². The Bertz CT molecular complexity index is 2220. The van der Waals surface area contributed by atoms with Gasteiger partial charge in [-0.1, -0.05) is 18.2 Å². The Morgan fingerprint density at radius 1 is 1.02 bits per heavy atom. The summed E-state index contributed by atoms with van der Waals surface area (Å²) < 4.78 is 23.1. The third-order valence-corrected chi connectivity index (χ3v) is 12.1. The first kappa shape index (κ1) is 43.4. The van der Waals surface area contributed by atoms with Gasteiger partial charge in [0.2, 0.25) is 5.78 Å². The number of aliphatic hydroxyl groups is 3. The smallest absolute Gasteiger partial charge is 0.408 e. The number of rotatable bonds is 9. The van der Waals surface area contributed by atoms with Crippen LogP contribution in [0.25, 0.3) is 0 Å². The van der Waals surface area contributed by atoms with E-state index in [9.17, 15) is 59.1 Å². The van der Waals surface area contributed by atoms with E-state index in [1.807, 2.05) is 0 Å². The number of hydrogen-bond donors (Lipinski definition) is 6. The number of nitrogens with zero attached hydrogens (tertiary/aromatic N) is 1. The molecule has 3 amide bonds. The number of carbonyl (C=O) groups is 7. The van der Waals surface area contributed by atoms with E-state index in [0.717, 1.165) is 0 Å². The molecule has 2 heterocycles. The standard InChI is InChI=1S/C42H46N2O17/c1-19-34(49)23(43-40(55)59-20-7-5-13-41(2,14-6-8-20)39(54)61-44-27(47)11-12-28(44)48)15-29(58-19)60-25-17-42(56,26(46)18-45)16-22-31(25)38(53)33-32(36(22)51)35(50)21-9-4-10-24(57-3)30(21)37(33)52/h4-5,7,9-10,19-20,23,25,29,34,45,49,51,53,56H,6,8,11-18H2,1-3H3,(H,43,55)/b7-5+/t19?,20-,23+,25-,29-,34+,41+,42-/m0/s1. The lowest BCUT2D eigenvalue weighted by Crippen LogP contribution is -2.56. The number of fused-ring (bicyclic) bond motifs is 3. The monoisotopic (exact) mass is 850 g/mol. The molecule has 19 heteroatoms. The minimum Gasteiger partial charge on any atom is -0.507 e. The second-order valence-electron chi connectivity index (χ2n) is 16.2. The molecule has 7 rings (SSSR count). The van der Waals surface area contributed by atoms with Crippen LogP contribution in [0.15, 0.2) is 30.4 Å². The topological polar surface area (TPSA) is 282 Å². The van der Waals surface area contributed by atoms with Crippen LogP contribution < -0.4 is 10.1 Å². The van der Waals surface area contributed by atoms with Gasteiger partial charge in [-0.25, -0.2) is 9.59 Å². The summed E-state index contributed by atoms with van der Waals surface area (Å²) in [6, 6.07) is 3.20. The summed E-state index contributed by atoms with van der Waals surface area (Å²) in [5, 5.41) is 59.0. The summed E-state index contributed by atoms with van der Waals surface area (Å²) in [4.78, 5) is 96.1. The quantitative estimate of drug-likeness (QED) is 0.102. The van der Waals surface area contributed by atoms with Crippen molar-refractivity contribution in [2.24, 2.45) is 5.41 Å². The zero-order valence-electron chi connectivity index (χ0n) is 33.5. The van der Waals surface area contributed by atoms with Gasteiger partial charge in [-0.2, -0.15) is 0 Å². The second-order valence-corrected chi connectivity index (χ2v) is 16.2. The normalized spacial score (nSPS) is 30.3. The molecule has 1 unspecified atom stereocenters. The summed E-state index contributed by atoms with van der Waals surface area (Å²) in [7, 11) is 1.29. The summed E-state index contributed by atoms with van der Waals surface area (Å²) >= 11 is 0. The second kappa shape index (κ2) is 16.6. The molecule has 2 aromatic rings. The van der Waals surface area contributed by atoms with Crippen LogP contribution in [0, 0.1) is 5.41 Å². The first-order chi connectivity index (χ1) is 28.9. The molecule has 326 valence electrons. The Kier molecular flexibility index (Phi) is 11.8. The Hall–Kier alpha value is -5.73. The molecule has 2 aromatic carbocycles. The summed E-state index contributed by atoms with van der Waals surface area (Å²) in [5.74, 6) is -6.16. The van der Waals surface area contributed by atoms with Gasteiger partial charge in [-0.3, -0.25) is 24.0 Å². The van der Waals surface area contributed by atoms with E-state index in [4.69, 9.17) is 23.8 Å². The number of Topliss-reactive ketones (excluding diaryl/α,β-unsaturated/α-hetero) is 1. The number of imide groups is 1. The van der Waals surface area contributed by atoms with E-state index < -0.39 is 131 Å². The van der Waals surface area contributed by atoms with Crippen LogP contribution >= 0.6 is 0 Å². The number of carbonyl (C=O) groups excluding carboxylic acids is 7. The van der Waals surface area contributed by atoms with Crippen molar-refractivity contribution in [2.75, 3.05) is 13.7 Å². The number of phenolic OH excluding ortho intramolecular Hbond substituents is 2. The van der Waals surface area contributed by atoms with Crippen LogP contribution in [-0.4, -0.2) is 122 Å². The highest BCUT2D eigenvalue weighted by molar-refractivity contribution is 6.31. The van der Waals surface area contributed by atoms with E-state index in [0.29, 0.717) is 11.5 Å². The van der Waals surface area contributed by atoms with Gasteiger partial charge < -0.3 is 54.6 Å². The van der Waals surface area contributed by atoms with Crippen LogP contribution in [0.3, 0.4) is 0 Å². The third kappa shape index (κ3) is 7.87. The number of phenols is 2. The third-order valence-electron chi connectivity index (χ3n) is 12.1. The molecule has 0 saturated carbocycles. The molecule has 61 heavy (non-hydrogen) atoms. The van der Waals surface area contributed by atoms with Crippen molar-refractivity contribution in [3.05, 3.63) is 63.7 Å². The zero-order valence-corrected chi connectivity index (χ0v) is 33.5. The molecule has 3 aliphatic carbocycles. The van der Waals surface area contributed by atoms with E-state index in [2.05, 4.69) is 5.32 Å². The SMILES string of the molecule is COc1cccc2c1C(=O)c1c(O)c3c(c(O)c1C2=O)C[C@@](O)(C(=O)CO)C[C@@H]3O[C@H]1C[C@@H](NC(=O)O[C@H]2/C=C/C[C@@](C)(C(=O)ON3C(=O)CCC3=O)CCC2)[C@H](O)C(C)O1. The zero-order chi connectivity index (χ0) is 44.1. The molecule has 0 aromatic heterocycles. The van der Waals surface area contributed by atoms with Crippen molar-refractivity contribution in [1.29, 1.82) is 0 Å². The number of nitrogens with one attached hydrogen (secondary N) is 1. The Morgan fingerprint density at radius 2 is 1.72 bits per heavy atom. The summed E-state index contributed by atoms with van der Waals surface area (Å²) in [5.41, 5.74) is -5.33. The number of hydrogen-bond acceptors (Lipinski definition) is 17. The molecule has 8 atom stereocenters. The number of methoxy groups -OCH3 is 1. The van der Waals surface area contributed by atoms with Crippen LogP contribution in [0.2, 0.25) is 0 Å². The van der Waals surface area contributed by atoms with E-state index in [1.54, 1.807) is 19.1 Å². The molecular weight excluding hydrogens is 804 g/mol. The first-order valence-corrected chi connectivity index (χ1v) is 19.9. The highest BCUT2D eigenvalue weighted by Crippen LogP contribution is 2.52. The van der Waals surface area contributed by atoms with Crippen LogP contribution in [0.4, 0.5) is 4.79 Å². The number of alkyl carbamates (subject to hydrolysis) is 1. The fourth-order valence-corrected chi connectivity index (χ4v) is 8.69. The van der Waals surface area contributed by atoms with Gasteiger partial charge >= 0.3 is 12.1 Å². The summed E-state index contributed by atoms with van der Waals surface area (Å²) in [6.45, 7) is 2.03. The lowest BCUT2D eigenvalue weighted by atomic mass is 9.72. The minimum atomic E-state index is -2.39. The molecule has 2 saturated heterocycles. The number of benzene rings is 2. The average Bonchev–Trinajstić information content (AvgIpc) is 3.53. The highest BCUT2D eigenvalue weighted by atomic mass is 16.7. The van der Waals surface area contributed by atoms with Gasteiger partial charge in [0.25, 0.3) is 11.8 Å². The largest absolute Gasteiger partial charge is 0.507 e. The molecular formula is C42H46N2O17. The fraction of sp³-hybridized carbons (Fsp3) is 0.500. The Labute approximate surface area is 348 Å². The number of hydroxylamine groups is 2. The van der Waals surface area contributed by atoms with Crippen molar-refractivity contribution in [3.63, 3.8) is 0 Å². The van der Waals surface area contributed by atoms with Crippen molar-refractivity contribution in [2.45, 2.75) is 114 Å². The predicted molar refractivity (Wildman–Crippen MR) is 204 cm³/mol. The maximum absolute atomic E-state index is 14.0. The number of ether oxygens (including phenoxy) is 4. The van der Waals surface area contributed by atoms with Crippen LogP contribution in [0.5, 0.6) is 17.2 Å². The van der Waals surface area contributed by atoms with Gasteiger partial charge in [-0.15, -0.1) is 5.06 Å². The van der Waals surface area contributed by atoms with Crippen molar-refractivity contribution >= 4 is 41.2 Å². The predicted octanol–water partition coefficient (Wildman–Crippen LogP) is 1.88. The summed E-state index contributed by atoms with van der Waals surface area (Å²) in [6.07, 6.45) is -4.05. The van der Waals surface area contributed by atoms with E-state index >= 15 is 0 Å². The van der Waals surface area contributed by atoms with Crippen molar-refractivity contribution in [1.82, 2.24) is 10.4 Å². The molecule has 19 nitrogen and oxygen atoms in total. The molecule has 2 aliphatic heterocycles. The number of amides is 3. The lowest BCUT2D eigenvalue weighted by Gasteiger charge is -2.42. The van der Waals surface area contributed by atoms with Gasteiger partial charge in [0.15, 0.2) is 17.9 Å². The molecule has 0 radical (unpaired) electrons. The lowest BCUT2D eigenvalue weighted by molar-refractivity contribution is -0.249. The highest BCUT2D eigenvalue weighted by Gasteiger charge is 2.51. The molecule has 2 fully saturated rings. The number of allylic oxidation sites excluding steroid dienone is 1. The van der Waals surface area contributed by atoms with E-state index in [-0.39, 0.29) is 66.5 Å². The number of aromatic hydroxyl groups is 2. The maximum Gasteiger partial charge on any atom is 0.408 e. The number of aliphatic hydroxyl groups excluding tert-OH is 2. The molecule has 0 spiro atoms. The van der Waals surface area contributed by atoms with Gasteiger partial charge in [0.05, 0.1) is 47.5 Å². The van der Waals surface area contributed by atoms with Gasteiger partial charge in [-0.05, 0) is 51.7 Å².